The van der Waals surface area contributed by atoms with Gasteiger partial charge in [-0.25, -0.2) is 0 Å². The third kappa shape index (κ3) is 2.77. The Morgan fingerprint density at radius 2 is 2.28 bits per heavy atom. The Hall–Kier alpha value is -0.830. The number of hydrogen-bond donors (Lipinski definition) is 1. The second-order valence-corrected chi connectivity index (χ2v) is 7.05. The van der Waals surface area contributed by atoms with Gasteiger partial charge in [0, 0.05) is 15.8 Å². The van der Waals surface area contributed by atoms with Crippen molar-refractivity contribution in [2.75, 3.05) is 0 Å². The van der Waals surface area contributed by atoms with Gasteiger partial charge in [-0.1, -0.05) is 13.8 Å². The molecule has 1 aliphatic carbocycles. The fourth-order valence-corrected chi connectivity index (χ4v) is 3.58. The summed E-state index contributed by atoms with van der Waals surface area (Å²) in [4.78, 5) is 13.8. The number of nitrogens with one attached hydrogen (secondary N) is 1. The lowest BCUT2D eigenvalue weighted by molar-refractivity contribution is 0.0910. The van der Waals surface area contributed by atoms with E-state index in [0.29, 0.717) is 0 Å². The van der Waals surface area contributed by atoms with Gasteiger partial charge in [-0.3, -0.25) is 4.79 Å². The van der Waals surface area contributed by atoms with Crippen LogP contribution in [0.4, 0.5) is 0 Å². The van der Waals surface area contributed by atoms with Crippen LogP contribution in [-0.4, -0.2) is 11.4 Å². The molecule has 1 aromatic heterocycles. The second kappa shape index (κ2) is 5.04. The maximum Gasteiger partial charge on any atom is 0.252 e. The first kappa shape index (κ1) is 13.6. The Bertz CT molecular complexity index is 447. The Kier molecular flexibility index (Phi) is 3.81. The van der Waals surface area contributed by atoms with Crippen molar-refractivity contribution in [3.05, 3.63) is 21.4 Å². The normalized spacial score (nSPS) is 19.4. The molecule has 1 atom stereocenters. The molecule has 2 rings (SSSR count). The maximum atomic E-state index is 12.3. The summed E-state index contributed by atoms with van der Waals surface area (Å²) in [7, 11) is 0. The highest BCUT2D eigenvalue weighted by molar-refractivity contribution is 7.10. The van der Waals surface area contributed by atoms with Crippen LogP contribution < -0.4 is 5.32 Å². The molecule has 0 aromatic carbocycles. The Labute approximate surface area is 114 Å². The highest BCUT2D eigenvalue weighted by Crippen LogP contribution is 2.33. The van der Waals surface area contributed by atoms with Crippen LogP contribution >= 0.6 is 11.3 Å². The molecule has 0 fully saturated rings. The number of carbonyl (C=O) groups is 1. The van der Waals surface area contributed by atoms with E-state index in [1.54, 1.807) is 11.3 Å². The summed E-state index contributed by atoms with van der Waals surface area (Å²) in [6.45, 7) is 8.55. The molecule has 1 aliphatic rings. The van der Waals surface area contributed by atoms with Gasteiger partial charge in [0.25, 0.3) is 5.91 Å². The van der Waals surface area contributed by atoms with Gasteiger partial charge in [0.1, 0.15) is 0 Å². The van der Waals surface area contributed by atoms with E-state index in [9.17, 15) is 4.79 Å². The van der Waals surface area contributed by atoms with E-state index >= 15 is 0 Å². The predicted octanol–water partition coefficient (Wildman–Crippen LogP) is 3.79. The third-order valence-electron chi connectivity index (χ3n) is 3.98. The Morgan fingerprint density at radius 1 is 1.56 bits per heavy atom. The van der Waals surface area contributed by atoms with Gasteiger partial charge in [0.2, 0.25) is 0 Å². The number of rotatable bonds is 3. The van der Waals surface area contributed by atoms with E-state index in [2.05, 4.69) is 33.0 Å². The smallest absolute Gasteiger partial charge is 0.252 e. The third-order valence-corrected chi connectivity index (χ3v) is 5.03. The van der Waals surface area contributed by atoms with Gasteiger partial charge in [0.05, 0.1) is 5.56 Å². The Balaban J connectivity index is 2.17. The molecule has 1 N–H and O–H groups in total. The molecule has 0 radical (unpaired) electrons. The number of carbonyl (C=O) groups excluding carboxylic acids is 1. The van der Waals surface area contributed by atoms with E-state index in [4.69, 9.17) is 0 Å². The molecule has 2 nitrogen and oxygen atoms in total. The minimum Gasteiger partial charge on any atom is -0.347 e. The van der Waals surface area contributed by atoms with Crippen LogP contribution in [0.1, 0.15) is 61.3 Å². The molecule has 0 bridgehead atoms. The average Bonchev–Trinajstić information content (AvgIpc) is 2.71. The zero-order valence-electron chi connectivity index (χ0n) is 11.8. The van der Waals surface area contributed by atoms with E-state index < -0.39 is 0 Å². The first-order chi connectivity index (χ1) is 8.43. The van der Waals surface area contributed by atoms with E-state index in [0.717, 1.165) is 30.7 Å². The van der Waals surface area contributed by atoms with E-state index in [1.807, 2.05) is 5.38 Å². The molecule has 1 heterocycles. The van der Waals surface area contributed by atoms with Crippen LogP contribution in [0.5, 0.6) is 0 Å². The van der Waals surface area contributed by atoms with Crippen molar-refractivity contribution in [1.82, 2.24) is 5.32 Å². The summed E-state index contributed by atoms with van der Waals surface area (Å²) in [5.41, 5.74) is 2.11. The molecule has 1 aromatic rings. The van der Waals surface area contributed by atoms with Crippen molar-refractivity contribution in [2.45, 2.75) is 58.9 Å². The summed E-state index contributed by atoms with van der Waals surface area (Å²) in [5.74, 6) is 0.869. The average molecular weight is 265 g/mol. The SMILES string of the molecule is CCC(C)(C)NC(=O)c1csc2c1CCC(C)C2. The maximum absolute atomic E-state index is 12.3. The molecular weight excluding hydrogens is 242 g/mol. The molecule has 1 unspecified atom stereocenters. The van der Waals surface area contributed by atoms with E-state index in [1.165, 1.54) is 16.9 Å². The van der Waals surface area contributed by atoms with Gasteiger partial charge in [-0.15, -0.1) is 11.3 Å². The van der Waals surface area contributed by atoms with Gasteiger partial charge >= 0.3 is 0 Å². The largest absolute Gasteiger partial charge is 0.347 e. The number of hydrogen-bond acceptors (Lipinski definition) is 2. The fourth-order valence-electron chi connectivity index (χ4n) is 2.33. The molecule has 100 valence electrons. The summed E-state index contributed by atoms with van der Waals surface area (Å²) in [6, 6.07) is 0. The molecule has 0 saturated carbocycles. The van der Waals surface area contributed by atoms with Crippen LogP contribution in [0, 0.1) is 5.92 Å². The number of amides is 1. The summed E-state index contributed by atoms with van der Waals surface area (Å²) in [5, 5.41) is 5.18. The zero-order chi connectivity index (χ0) is 13.3. The quantitative estimate of drug-likeness (QED) is 0.885. The van der Waals surface area contributed by atoms with Crippen molar-refractivity contribution < 1.29 is 4.79 Å². The minimum absolute atomic E-state index is 0.105. The second-order valence-electron chi connectivity index (χ2n) is 6.09. The van der Waals surface area contributed by atoms with Crippen LogP contribution in [-0.2, 0) is 12.8 Å². The molecule has 18 heavy (non-hydrogen) atoms. The van der Waals surface area contributed by atoms with Gasteiger partial charge in [-0.05, 0) is 51.0 Å². The van der Waals surface area contributed by atoms with Gasteiger partial charge in [0.15, 0.2) is 0 Å². The molecule has 0 spiro atoms. The predicted molar refractivity (Wildman–Crippen MR) is 77.3 cm³/mol. The van der Waals surface area contributed by atoms with E-state index in [-0.39, 0.29) is 11.4 Å². The zero-order valence-corrected chi connectivity index (χ0v) is 12.6. The van der Waals surface area contributed by atoms with Crippen molar-refractivity contribution in [1.29, 1.82) is 0 Å². The van der Waals surface area contributed by atoms with Gasteiger partial charge < -0.3 is 5.32 Å². The summed E-state index contributed by atoms with van der Waals surface area (Å²) < 4.78 is 0. The van der Waals surface area contributed by atoms with Crippen molar-refractivity contribution >= 4 is 17.2 Å². The highest BCUT2D eigenvalue weighted by Gasteiger charge is 2.25. The van der Waals surface area contributed by atoms with Crippen molar-refractivity contribution in [3.63, 3.8) is 0 Å². The van der Waals surface area contributed by atoms with Crippen LogP contribution in [0.15, 0.2) is 5.38 Å². The van der Waals surface area contributed by atoms with Crippen molar-refractivity contribution in [3.8, 4) is 0 Å². The fraction of sp³-hybridized carbons (Fsp3) is 0.667. The monoisotopic (exact) mass is 265 g/mol. The highest BCUT2D eigenvalue weighted by atomic mass is 32.1. The minimum atomic E-state index is -0.117. The number of fused-ring (bicyclic) bond motifs is 1. The first-order valence-corrected chi connectivity index (χ1v) is 7.72. The lowest BCUT2D eigenvalue weighted by Crippen LogP contribution is -2.43. The lowest BCUT2D eigenvalue weighted by Gasteiger charge is -2.25. The molecule has 1 amide bonds. The lowest BCUT2D eigenvalue weighted by atomic mass is 9.88. The topological polar surface area (TPSA) is 29.1 Å². The first-order valence-electron chi connectivity index (χ1n) is 6.84. The molecular formula is C15H23NOS. The molecule has 0 aliphatic heterocycles. The number of thiophene rings is 1. The molecule has 0 saturated heterocycles. The van der Waals surface area contributed by atoms with Crippen LogP contribution in [0.25, 0.3) is 0 Å². The van der Waals surface area contributed by atoms with Gasteiger partial charge in [-0.2, -0.15) is 0 Å². The van der Waals surface area contributed by atoms with Crippen LogP contribution in [0.2, 0.25) is 0 Å². The summed E-state index contributed by atoms with van der Waals surface area (Å²) in [6.07, 6.45) is 4.36. The van der Waals surface area contributed by atoms with Crippen molar-refractivity contribution in [2.24, 2.45) is 5.92 Å². The summed E-state index contributed by atoms with van der Waals surface area (Å²) >= 11 is 1.76. The van der Waals surface area contributed by atoms with Crippen LogP contribution in [0.3, 0.4) is 0 Å². The Morgan fingerprint density at radius 3 is 2.94 bits per heavy atom. The standard InChI is InChI=1S/C15H23NOS/c1-5-15(3,4)16-14(17)12-9-18-13-8-10(2)6-7-11(12)13/h9-10H,5-8H2,1-4H3,(H,16,17). The molecule has 3 heteroatoms.